The van der Waals surface area contributed by atoms with Crippen LogP contribution in [0.5, 0.6) is 0 Å². The highest BCUT2D eigenvalue weighted by Gasteiger charge is 2.31. The van der Waals surface area contributed by atoms with Gasteiger partial charge in [0.2, 0.25) is 23.6 Å². The molecule has 0 aromatic rings. The average Bonchev–Trinajstić information content (AvgIpc) is 2.70. The van der Waals surface area contributed by atoms with Gasteiger partial charge in [0.25, 0.3) is 0 Å². The Hall–Kier alpha value is -2.91. The van der Waals surface area contributed by atoms with Crippen LogP contribution in [0.3, 0.4) is 0 Å². The van der Waals surface area contributed by atoms with Gasteiger partial charge in [-0.2, -0.15) is 12.6 Å². The van der Waals surface area contributed by atoms with Gasteiger partial charge in [-0.05, 0) is 19.8 Å². The van der Waals surface area contributed by atoms with Crippen molar-refractivity contribution in [2.75, 3.05) is 5.75 Å². The van der Waals surface area contributed by atoms with Gasteiger partial charge in [-0.15, -0.1) is 0 Å². The Morgan fingerprint density at radius 3 is 1.66 bits per heavy atom. The van der Waals surface area contributed by atoms with Crippen molar-refractivity contribution in [3.63, 3.8) is 0 Å². The van der Waals surface area contributed by atoms with Gasteiger partial charge in [-0.3, -0.25) is 24.0 Å². The maximum Gasteiger partial charge on any atom is 0.327 e. The summed E-state index contributed by atoms with van der Waals surface area (Å²) in [4.78, 5) is 70.4. The topological polar surface area (TPSA) is 251 Å². The molecule has 4 amide bonds. The molecule has 15 heteroatoms. The highest BCUT2D eigenvalue weighted by Crippen LogP contribution is 2.05. The van der Waals surface area contributed by atoms with Crippen LogP contribution in [0.15, 0.2) is 0 Å². The second-order valence-electron chi connectivity index (χ2n) is 6.91. The first-order valence-electron chi connectivity index (χ1n) is 9.48. The van der Waals surface area contributed by atoms with Crippen molar-refractivity contribution < 1.29 is 44.1 Å². The van der Waals surface area contributed by atoms with E-state index >= 15 is 0 Å². The second-order valence-corrected chi connectivity index (χ2v) is 7.27. The molecule has 0 radical (unpaired) electrons. The first kappa shape index (κ1) is 29.1. The lowest BCUT2D eigenvalue weighted by atomic mass is 10.1. The van der Waals surface area contributed by atoms with Gasteiger partial charge in [0.15, 0.2) is 0 Å². The first-order valence-corrected chi connectivity index (χ1v) is 10.1. The predicted octanol–water partition coefficient (Wildman–Crippen LogP) is -3.71. The summed E-state index contributed by atoms with van der Waals surface area (Å²) in [5.41, 5.74) is 10.6. The molecular formula is C17H29N5O9S. The molecule has 0 aliphatic rings. The molecule has 0 bridgehead atoms. The molecule has 0 spiro atoms. The molecule has 14 nitrogen and oxygen atoms in total. The fourth-order valence-corrected chi connectivity index (χ4v) is 2.56. The fraction of sp³-hybridized carbons (Fsp3) is 0.647. The molecule has 0 saturated carbocycles. The van der Waals surface area contributed by atoms with E-state index in [9.17, 15) is 33.9 Å². The number of hydrogen-bond donors (Lipinski definition) is 9. The van der Waals surface area contributed by atoms with Crippen molar-refractivity contribution in [1.29, 1.82) is 0 Å². The third kappa shape index (κ3) is 10.9. The highest BCUT2D eigenvalue weighted by atomic mass is 32.1. The molecular weight excluding hydrogens is 450 g/mol. The lowest BCUT2D eigenvalue weighted by molar-refractivity contribution is -0.141. The molecule has 182 valence electrons. The van der Waals surface area contributed by atoms with Crippen LogP contribution in [-0.2, 0) is 28.8 Å². The van der Waals surface area contributed by atoms with Crippen molar-refractivity contribution in [2.45, 2.75) is 62.9 Å². The standard InChI is InChI=1S/C17H29N5O9S/c1-7(23)13(19)16(29)21-9(3-5-12(25)26)14(27)20-8(2-4-11(18)24)15(28)22-10(6-32)17(30)31/h7-10,13,23,32H,2-6,19H2,1H3,(H2,18,24)(H,20,27)(H,21,29)(H,22,28)(H,25,26)(H,30,31). The zero-order valence-electron chi connectivity index (χ0n) is 17.3. The van der Waals surface area contributed by atoms with Crippen molar-refractivity contribution >= 4 is 48.2 Å². The number of aliphatic carboxylic acids is 2. The Kier molecular flexibility index (Phi) is 12.9. The molecule has 0 aliphatic heterocycles. The summed E-state index contributed by atoms with van der Waals surface area (Å²) in [7, 11) is 0. The molecule has 5 unspecified atom stereocenters. The summed E-state index contributed by atoms with van der Waals surface area (Å²) < 4.78 is 0. The molecule has 5 atom stereocenters. The summed E-state index contributed by atoms with van der Waals surface area (Å²) in [6, 6.07) is -5.67. The molecule has 0 aromatic heterocycles. The summed E-state index contributed by atoms with van der Waals surface area (Å²) in [6.07, 6.45) is -2.80. The summed E-state index contributed by atoms with van der Waals surface area (Å²) in [6.45, 7) is 1.24. The van der Waals surface area contributed by atoms with E-state index in [4.69, 9.17) is 21.7 Å². The zero-order valence-corrected chi connectivity index (χ0v) is 18.2. The number of aliphatic hydroxyl groups excluding tert-OH is 1. The highest BCUT2D eigenvalue weighted by molar-refractivity contribution is 7.80. The van der Waals surface area contributed by atoms with Gasteiger partial charge in [-0.1, -0.05) is 0 Å². The SMILES string of the molecule is CC(O)C(N)C(=O)NC(CCC(=O)O)C(=O)NC(CCC(N)=O)C(=O)NC(CS)C(=O)O. The third-order valence-corrected chi connectivity index (χ3v) is 4.58. The number of carboxylic acids is 2. The predicted molar refractivity (Wildman–Crippen MR) is 112 cm³/mol. The van der Waals surface area contributed by atoms with Gasteiger partial charge in [0.1, 0.15) is 24.2 Å². The molecule has 0 aromatic carbocycles. The molecule has 0 heterocycles. The van der Waals surface area contributed by atoms with E-state index in [1.54, 1.807) is 0 Å². The van der Waals surface area contributed by atoms with E-state index in [2.05, 4.69) is 28.6 Å². The monoisotopic (exact) mass is 479 g/mol. The quantitative estimate of drug-likeness (QED) is 0.104. The smallest absolute Gasteiger partial charge is 0.327 e. The van der Waals surface area contributed by atoms with Crippen LogP contribution in [0.4, 0.5) is 0 Å². The minimum Gasteiger partial charge on any atom is -0.481 e. The van der Waals surface area contributed by atoms with Crippen LogP contribution in [0.1, 0.15) is 32.6 Å². The lowest BCUT2D eigenvalue weighted by Gasteiger charge is -2.25. The molecule has 10 N–H and O–H groups in total. The Morgan fingerprint density at radius 2 is 1.28 bits per heavy atom. The molecule has 0 rings (SSSR count). The van der Waals surface area contributed by atoms with E-state index in [0.29, 0.717) is 0 Å². The van der Waals surface area contributed by atoms with Gasteiger partial charge >= 0.3 is 11.9 Å². The number of nitrogens with one attached hydrogen (secondary N) is 3. The Bertz CT molecular complexity index is 719. The number of aliphatic hydroxyl groups is 1. The first-order chi connectivity index (χ1) is 14.8. The molecule has 0 saturated heterocycles. The zero-order chi connectivity index (χ0) is 25.0. The number of hydrogen-bond acceptors (Lipinski definition) is 9. The number of carboxylic acid groups (broad SMARTS) is 2. The summed E-state index contributed by atoms with van der Waals surface area (Å²) >= 11 is 3.81. The maximum atomic E-state index is 12.7. The van der Waals surface area contributed by atoms with Crippen LogP contribution in [0.2, 0.25) is 0 Å². The largest absolute Gasteiger partial charge is 0.481 e. The van der Waals surface area contributed by atoms with Crippen LogP contribution >= 0.6 is 12.6 Å². The van der Waals surface area contributed by atoms with E-state index in [1.807, 2.05) is 0 Å². The number of amides is 4. The number of rotatable bonds is 15. The summed E-state index contributed by atoms with van der Waals surface area (Å²) in [5.74, 6) is -6.58. The van der Waals surface area contributed by atoms with E-state index in [1.165, 1.54) is 6.92 Å². The van der Waals surface area contributed by atoms with Crippen molar-refractivity contribution in [2.24, 2.45) is 11.5 Å². The van der Waals surface area contributed by atoms with Crippen molar-refractivity contribution in [3.8, 4) is 0 Å². The third-order valence-electron chi connectivity index (χ3n) is 4.21. The second kappa shape index (κ2) is 14.2. The Labute approximate surface area is 188 Å². The van der Waals surface area contributed by atoms with Crippen LogP contribution in [0, 0.1) is 0 Å². The molecule has 0 aliphatic carbocycles. The van der Waals surface area contributed by atoms with Crippen LogP contribution < -0.4 is 27.4 Å². The van der Waals surface area contributed by atoms with Gasteiger partial charge in [0.05, 0.1) is 6.10 Å². The number of primary amides is 1. The Balaban J connectivity index is 5.55. The average molecular weight is 480 g/mol. The maximum absolute atomic E-state index is 12.7. The van der Waals surface area contributed by atoms with Gasteiger partial charge in [0, 0.05) is 18.6 Å². The number of carbonyl (C=O) groups excluding carboxylic acids is 4. The van der Waals surface area contributed by atoms with Crippen LogP contribution in [0.25, 0.3) is 0 Å². The molecule has 32 heavy (non-hydrogen) atoms. The van der Waals surface area contributed by atoms with Crippen molar-refractivity contribution in [3.05, 3.63) is 0 Å². The normalized spacial score (nSPS) is 15.4. The van der Waals surface area contributed by atoms with E-state index < -0.39 is 72.3 Å². The minimum absolute atomic E-state index is 0.258. The number of nitrogens with two attached hydrogens (primary N) is 2. The number of thiol groups is 1. The summed E-state index contributed by atoms with van der Waals surface area (Å²) in [5, 5.41) is 33.9. The van der Waals surface area contributed by atoms with Gasteiger partial charge in [-0.25, -0.2) is 4.79 Å². The Morgan fingerprint density at radius 1 is 0.844 bits per heavy atom. The van der Waals surface area contributed by atoms with Crippen LogP contribution in [-0.4, -0.2) is 86.9 Å². The molecule has 0 fully saturated rings. The minimum atomic E-state index is -1.45. The van der Waals surface area contributed by atoms with Crippen molar-refractivity contribution in [1.82, 2.24) is 16.0 Å². The number of carbonyl (C=O) groups is 6. The van der Waals surface area contributed by atoms with E-state index in [-0.39, 0.29) is 25.0 Å². The lowest BCUT2D eigenvalue weighted by Crippen LogP contribution is -2.58. The van der Waals surface area contributed by atoms with Gasteiger partial charge < -0.3 is 42.7 Å². The van der Waals surface area contributed by atoms with E-state index in [0.717, 1.165) is 0 Å². The fourth-order valence-electron chi connectivity index (χ4n) is 2.31.